The minimum absolute atomic E-state index is 0.0544. The van der Waals surface area contributed by atoms with Crippen LogP contribution >= 0.6 is 0 Å². The van der Waals surface area contributed by atoms with Crippen molar-refractivity contribution in [2.75, 3.05) is 12.4 Å². The molecule has 0 aliphatic rings. The molecule has 0 heterocycles. The van der Waals surface area contributed by atoms with Gasteiger partial charge in [0.1, 0.15) is 5.75 Å². The van der Waals surface area contributed by atoms with Gasteiger partial charge in [-0.3, -0.25) is 4.79 Å². The summed E-state index contributed by atoms with van der Waals surface area (Å²) >= 11 is 0. The van der Waals surface area contributed by atoms with Gasteiger partial charge >= 0.3 is 0 Å². The van der Waals surface area contributed by atoms with Crippen LogP contribution in [-0.4, -0.2) is 13.0 Å². The second-order valence-electron chi connectivity index (χ2n) is 5.81. The van der Waals surface area contributed by atoms with Crippen LogP contribution in [-0.2, 0) is 11.2 Å². The molecular formula is C21H21NO2. The van der Waals surface area contributed by atoms with E-state index < -0.39 is 0 Å². The molecule has 0 saturated carbocycles. The summed E-state index contributed by atoms with van der Waals surface area (Å²) in [4.78, 5) is 12.1. The Morgan fingerprint density at radius 3 is 2.46 bits per heavy atom. The summed E-state index contributed by atoms with van der Waals surface area (Å²) in [6.45, 7) is 0. The van der Waals surface area contributed by atoms with Crippen LogP contribution in [0.3, 0.4) is 0 Å². The first kappa shape index (κ1) is 16.1. The van der Waals surface area contributed by atoms with Crippen molar-refractivity contribution in [3.63, 3.8) is 0 Å². The summed E-state index contributed by atoms with van der Waals surface area (Å²) < 4.78 is 5.14. The van der Waals surface area contributed by atoms with E-state index in [2.05, 4.69) is 17.4 Å². The third kappa shape index (κ3) is 4.13. The van der Waals surface area contributed by atoms with Gasteiger partial charge in [0.2, 0.25) is 5.91 Å². The second kappa shape index (κ2) is 7.64. The van der Waals surface area contributed by atoms with Gasteiger partial charge in [-0.1, -0.05) is 42.5 Å². The highest BCUT2D eigenvalue weighted by Gasteiger charge is 2.04. The molecule has 0 fully saturated rings. The highest BCUT2D eigenvalue weighted by molar-refractivity contribution is 5.94. The van der Waals surface area contributed by atoms with Crippen LogP contribution in [0, 0.1) is 0 Å². The number of hydrogen-bond donors (Lipinski definition) is 1. The minimum atomic E-state index is 0.0544. The van der Waals surface area contributed by atoms with Crippen molar-refractivity contribution < 1.29 is 9.53 Å². The van der Waals surface area contributed by atoms with E-state index >= 15 is 0 Å². The van der Waals surface area contributed by atoms with Crippen LogP contribution in [0.25, 0.3) is 10.8 Å². The van der Waals surface area contributed by atoms with E-state index in [1.807, 2.05) is 54.6 Å². The summed E-state index contributed by atoms with van der Waals surface area (Å²) in [5, 5.41) is 5.29. The Balaban J connectivity index is 1.51. The number of fused-ring (bicyclic) bond motifs is 1. The number of nitrogens with one attached hydrogen (secondary N) is 1. The fourth-order valence-corrected chi connectivity index (χ4v) is 2.74. The first-order chi connectivity index (χ1) is 11.7. The van der Waals surface area contributed by atoms with Gasteiger partial charge in [-0.25, -0.2) is 0 Å². The average Bonchev–Trinajstić information content (AvgIpc) is 2.62. The molecule has 0 saturated heterocycles. The SMILES string of the molecule is COc1ccc(CCCC(=O)Nc2ccc3ccccc3c2)cc1. The van der Waals surface area contributed by atoms with Gasteiger partial charge in [-0.2, -0.15) is 0 Å². The quantitative estimate of drug-likeness (QED) is 0.708. The molecule has 3 rings (SSSR count). The van der Waals surface area contributed by atoms with Crippen LogP contribution in [0.2, 0.25) is 0 Å². The van der Waals surface area contributed by atoms with Gasteiger partial charge in [0, 0.05) is 12.1 Å². The molecular weight excluding hydrogens is 298 g/mol. The van der Waals surface area contributed by atoms with E-state index in [1.54, 1.807) is 7.11 Å². The van der Waals surface area contributed by atoms with E-state index in [0.29, 0.717) is 6.42 Å². The number of benzene rings is 3. The second-order valence-corrected chi connectivity index (χ2v) is 5.81. The van der Waals surface area contributed by atoms with Crippen molar-refractivity contribution in [2.45, 2.75) is 19.3 Å². The predicted molar refractivity (Wildman–Crippen MR) is 98.5 cm³/mol. The number of methoxy groups -OCH3 is 1. The van der Waals surface area contributed by atoms with Crippen molar-refractivity contribution in [1.82, 2.24) is 0 Å². The molecule has 0 aliphatic carbocycles. The van der Waals surface area contributed by atoms with E-state index in [-0.39, 0.29) is 5.91 Å². The number of anilines is 1. The van der Waals surface area contributed by atoms with Gasteiger partial charge in [-0.15, -0.1) is 0 Å². The zero-order valence-corrected chi connectivity index (χ0v) is 13.8. The molecule has 3 heteroatoms. The Kier molecular flexibility index (Phi) is 5.12. The number of ether oxygens (including phenoxy) is 1. The maximum absolute atomic E-state index is 12.1. The number of hydrogen-bond acceptors (Lipinski definition) is 2. The van der Waals surface area contributed by atoms with E-state index in [0.717, 1.165) is 29.7 Å². The molecule has 24 heavy (non-hydrogen) atoms. The lowest BCUT2D eigenvalue weighted by molar-refractivity contribution is -0.116. The molecule has 1 N–H and O–H groups in total. The van der Waals surface area contributed by atoms with Gasteiger partial charge in [0.15, 0.2) is 0 Å². The lowest BCUT2D eigenvalue weighted by atomic mass is 10.1. The Labute approximate surface area is 142 Å². The number of carbonyl (C=O) groups is 1. The standard InChI is InChI=1S/C21H21NO2/c1-24-20-13-9-16(10-14-20)5-4-8-21(23)22-19-12-11-17-6-2-3-7-18(17)15-19/h2-3,6-7,9-15H,4-5,8H2,1H3,(H,22,23). The van der Waals surface area contributed by atoms with Gasteiger partial charge < -0.3 is 10.1 Å². The summed E-state index contributed by atoms with van der Waals surface area (Å²) in [7, 11) is 1.66. The van der Waals surface area contributed by atoms with Gasteiger partial charge in [0.05, 0.1) is 7.11 Å². The van der Waals surface area contributed by atoms with E-state index in [9.17, 15) is 4.79 Å². The molecule has 3 nitrogen and oxygen atoms in total. The smallest absolute Gasteiger partial charge is 0.224 e. The van der Waals surface area contributed by atoms with Crippen molar-refractivity contribution in [3.05, 3.63) is 72.3 Å². The zero-order valence-electron chi connectivity index (χ0n) is 13.8. The number of carbonyl (C=O) groups excluding carboxylic acids is 1. The fourth-order valence-electron chi connectivity index (χ4n) is 2.74. The van der Waals surface area contributed by atoms with Crippen LogP contribution in [0.1, 0.15) is 18.4 Å². The van der Waals surface area contributed by atoms with Crippen LogP contribution in [0.15, 0.2) is 66.7 Å². The molecule has 0 aromatic heterocycles. The largest absolute Gasteiger partial charge is 0.497 e. The Hall–Kier alpha value is -2.81. The number of amides is 1. The number of aryl methyl sites for hydroxylation is 1. The third-order valence-electron chi connectivity index (χ3n) is 4.06. The summed E-state index contributed by atoms with van der Waals surface area (Å²) in [5.74, 6) is 0.909. The van der Waals surface area contributed by atoms with Crippen molar-refractivity contribution in [2.24, 2.45) is 0 Å². The molecule has 3 aromatic rings. The molecule has 3 aromatic carbocycles. The minimum Gasteiger partial charge on any atom is -0.497 e. The van der Waals surface area contributed by atoms with Crippen molar-refractivity contribution in [1.29, 1.82) is 0 Å². The van der Waals surface area contributed by atoms with Crippen molar-refractivity contribution >= 4 is 22.4 Å². The molecule has 0 atom stereocenters. The molecule has 1 amide bonds. The molecule has 0 spiro atoms. The molecule has 0 unspecified atom stereocenters. The lowest BCUT2D eigenvalue weighted by Gasteiger charge is -2.07. The normalized spacial score (nSPS) is 10.5. The van der Waals surface area contributed by atoms with Gasteiger partial charge in [0.25, 0.3) is 0 Å². The van der Waals surface area contributed by atoms with Crippen LogP contribution in [0.4, 0.5) is 5.69 Å². The maximum Gasteiger partial charge on any atom is 0.224 e. The van der Waals surface area contributed by atoms with Crippen LogP contribution in [0.5, 0.6) is 5.75 Å². The molecule has 0 radical (unpaired) electrons. The van der Waals surface area contributed by atoms with E-state index in [1.165, 1.54) is 10.9 Å². The molecule has 0 bridgehead atoms. The van der Waals surface area contributed by atoms with Crippen molar-refractivity contribution in [3.8, 4) is 5.75 Å². The van der Waals surface area contributed by atoms with E-state index in [4.69, 9.17) is 4.74 Å². The Morgan fingerprint density at radius 2 is 1.71 bits per heavy atom. The maximum atomic E-state index is 12.1. The topological polar surface area (TPSA) is 38.3 Å². The monoisotopic (exact) mass is 319 g/mol. The summed E-state index contributed by atoms with van der Waals surface area (Å²) in [5.41, 5.74) is 2.07. The highest BCUT2D eigenvalue weighted by Crippen LogP contribution is 2.19. The first-order valence-corrected chi connectivity index (χ1v) is 8.16. The van der Waals surface area contributed by atoms with Gasteiger partial charge in [-0.05, 0) is 53.4 Å². The lowest BCUT2D eigenvalue weighted by Crippen LogP contribution is -2.11. The number of rotatable bonds is 6. The fraction of sp³-hybridized carbons (Fsp3) is 0.190. The average molecular weight is 319 g/mol. The molecule has 122 valence electrons. The van der Waals surface area contributed by atoms with Crippen LogP contribution < -0.4 is 10.1 Å². The summed E-state index contributed by atoms with van der Waals surface area (Å²) in [6.07, 6.45) is 2.22. The Morgan fingerprint density at radius 1 is 0.958 bits per heavy atom. The third-order valence-corrected chi connectivity index (χ3v) is 4.06. The highest BCUT2D eigenvalue weighted by atomic mass is 16.5. The first-order valence-electron chi connectivity index (χ1n) is 8.16. The zero-order chi connectivity index (χ0) is 16.8. The predicted octanol–water partition coefficient (Wildman–Crippen LogP) is 4.81. The summed E-state index contributed by atoms with van der Waals surface area (Å²) in [6, 6.07) is 22.1. The molecule has 0 aliphatic heterocycles. The Bertz CT molecular complexity index is 825.